The Kier molecular flexibility index (Phi) is 5.90. The van der Waals surface area contributed by atoms with E-state index in [1.165, 1.54) is 0 Å². The van der Waals surface area contributed by atoms with Gasteiger partial charge in [-0.2, -0.15) is 0 Å². The lowest BCUT2D eigenvalue weighted by Gasteiger charge is -2.10. The van der Waals surface area contributed by atoms with Crippen molar-refractivity contribution in [3.63, 3.8) is 0 Å². The average molecular weight is 373 g/mol. The lowest BCUT2D eigenvalue weighted by Crippen LogP contribution is -2.05. The van der Waals surface area contributed by atoms with E-state index in [-0.39, 0.29) is 11.8 Å². The average Bonchev–Trinajstić information content (AvgIpc) is 3.00. The molecule has 1 heterocycles. The Labute approximate surface area is 165 Å². The van der Waals surface area contributed by atoms with Crippen LogP contribution in [-0.2, 0) is 4.74 Å². The first-order valence-corrected chi connectivity index (χ1v) is 9.25. The number of benzene rings is 2. The van der Waals surface area contributed by atoms with E-state index in [4.69, 9.17) is 4.74 Å². The monoisotopic (exact) mass is 373 g/mol. The highest BCUT2D eigenvalue weighted by Gasteiger charge is 2.11. The van der Waals surface area contributed by atoms with Gasteiger partial charge in [0.2, 0.25) is 0 Å². The molecule has 0 atom stereocenters. The molecule has 0 spiro atoms. The molecule has 142 valence electrons. The van der Waals surface area contributed by atoms with Gasteiger partial charge in [0, 0.05) is 22.6 Å². The van der Waals surface area contributed by atoms with Crippen LogP contribution in [0.15, 0.2) is 66.7 Å². The summed E-state index contributed by atoms with van der Waals surface area (Å²) in [6.45, 7) is 6.17. The van der Waals surface area contributed by atoms with E-state index in [2.05, 4.69) is 4.57 Å². The van der Waals surface area contributed by atoms with E-state index in [0.717, 1.165) is 22.6 Å². The van der Waals surface area contributed by atoms with E-state index in [0.29, 0.717) is 17.7 Å². The second-order valence-corrected chi connectivity index (χ2v) is 6.49. The molecule has 0 unspecified atom stereocenters. The van der Waals surface area contributed by atoms with Crippen LogP contribution in [0.2, 0.25) is 0 Å². The van der Waals surface area contributed by atoms with Crippen LogP contribution in [0.3, 0.4) is 0 Å². The zero-order valence-corrected chi connectivity index (χ0v) is 16.3. The molecule has 28 heavy (non-hydrogen) atoms. The fourth-order valence-electron chi connectivity index (χ4n) is 3.18. The number of carbonyl (C=O) groups excluding carboxylic acids is 2. The summed E-state index contributed by atoms with van der Waals surface area (Å²) in [7, 11) is 0. The number of ether oxygens (including phenoxy) is 1. The smallest absolute Gasteiger partial charge is 0.338 e. The van der Waals surface area contributed by atoms with Gasteiger partial charge >= 0.3 is 5.97 Å². The largest absolute Gasteiger partial charge is 0.462 e. The number of esters is 1. The fourth-order valence-corrected chi connectivity index (χ4v) is 3.18. The summed E-state index contributed by atoms with van der Waals surface area (Å²) in [5, 5.41) is 0. The lowest BCUT2D eigenvalue weighted by molar-refractivity contribution is 0.0526. The second kappa shape index (κ2) is 8.53. The van der Waals surface area contributed by atoms with Crippen molar-refractivity contribution in [3.05, 3.63) is 94.8 Å². The fraction of sp³-hybridized carbons (Fsp3) is 0.167. The number of hydrogen-bond donors (Lipinski definition) is 0. The normalized spacial score (nSPS) is 11.0. The van der Waals surface area contributed by atoms with E-state index < -0.39 is 0 Å². The molecule has 0 saturated carbocycles. The number of aryl methyl sites for hydroxylation is 1. The van der Waals surface area contributed by atoms with Crippen LogP contribution in [0, 0.1) is 13.8 Å². The molecule has 0 saturated heterocycles. The zero-order chi connectivity index (χ0) is 20.1. The third kappa shape index (κ3) is 4.12. The second-order valence-electron chi connectivity index (χ2n) is 6.49. The molecule has 3 aromatic rings. The topological polar surface area (TPSA) is 48.3 Å². The van der Waals surface area contributed by atoms with Crippen LogP contribution < -0.4 is 0 Å². The number of rotatable bonds is 6. The molecule has 0 aliphatic carbocycles. The van der Waals surface area contributed by atoms with E-state index >= 15 is 0 Å². The Morgan fingerprint density at radius 3 is 2.29 bits per heavy atom. The Hall–Kier alpha value is -3.40. The first-order valence-electron chi connectivity index (χ1n) is 9.25. The number of allylic oxidation sites excluding steroid dienone is 1. The van der Waals surface area contributed by atoms with Crippen molar-refractivity contribution in [2.75, 3.05) is 6.61 Å². The summed E-state index contributed by atoms with van der Waals surface area (Å²) in [5.74, 6) is -0.345. The summed E-state index contributed by atoms with van der Waals surface area (Å²) in [6.07, 6.45) is 3.45. The van der Waals surface area contributed by atoms with Crippen LogP contribution >= 0.6 is 0 Å². The van der Waals surface area contributed by atoms with Gasteiger partial charge in [-0.05, 0) is 68.8 Å². The van der Waals surface area contributed by atoms with Gasteiger partial charge in [-0.1, -0.05) is 30.3 Å². The van der Waals surface area contributed by atoms with E-state index in [1.54, 1.807) is 37.3 Å². The number of hydrogen-bond acceptors (Lipinski definition) is 3. The maximum Gasteiger partial charge on any atom is 0.338 e. The quantitative estimate of drug-likeness (QED) is 0.340. The van der Waals surface area contributed by atoms with Crippen molar-refractivity contribution >= 4 is 17.8 Å². The molecule has 1 aromatic heterocycles. The predicted octanol–water partition coefficient (Wildman–Crippen LogP) is 5.17. The summed E-state index contributed by atoms with van der Waals surface area (Å²) in [6, 6.07) is 18.6. The third-order valence-corrected chi connectivity index (χ3v) is 4.58. The van der Waals surface area contributed by atoms with Gasteiger partial charge in [-0.15, -0.1) is 0 Å². The van der Waals surface area contributed by atoms with Crippen molar-refractivity contribution in [2.24, 2.45) is 0 Å². The number of aromatic nitrogens is 1. The maximum atomic E-state index is 12.3. The highest BCUT2D eigenvalue weighted by molar-refractivity contribution is 6.06. The minimum Gasteiger partial charge on any atom is -0.462 e. The van der Waals surface area contributed by atoms with Crippen LogP contribution in [0.4, 0.5) is 0 Å². The molecule has 0 amide bonds. The van der Waals surface area contributed by atoms with Gasteiger partial charge < -0.3 is 9.30 Å². The molecule has 2 aromatic carbocycles. The van der Waals surface area contributed by atoms with E-state index in [9.17, 15) is 9.59 Å². The molecule has 0 fully saturated rings. The SMILES string of the molecule is CCOC(=O)c1ccc(-n2c(C)cc(/C=C/C(=O)c3ccccc3)c2C)cc1. The number of ketones is 1. The van der Waals surface area contributed by atoms with Crippen LogP contribution in [0.5, 0.6) is 0 Å². The Bertz CT molecular complexity index is 1010. The van der Waals surface area contributed by atoms with Gasteiger partial charge in [-0.3, -0.25) is 4.79 Å². The Morgan fingerprint density at radius 1 is 0.964 bits per heavy atom. The summed E-state index contributed by atoms with van der Waals surface area (Å²) in [4.78, 5) is 24.1. The minimum atomic E-state index is -0.321. The van der Waals surface area contributed by atoms with Crippen molar-refractivity contribution in [3.8, 4) is 5.69 Å². The van der Waals surface area contributed by atoms with Gasteiger partial charge in [-0.25, -0.2) is 4.79 Å². The summed E-state index contributed by atoms with van der Waals surface area (Å²) in [5.41, 5.74) is 5.21. The number of nitrogens with zero attached hydrogens (tertiary/aromatic N) is 1. The molecule has 0 bridgehead atoms. The standard InChI is InChI=1S/C24H23NO3/c1-4-28-24(27)20-10-13-22(14-11-20)25-17(2)16-21(18(25)3)12-15-23(26)19-8-6-5-7-9-19/h5-16H,4H2,1-3H3/b15-12+. The van der Waals surface area contributed by atoms with Gasteiger partial charge in [0.1, 0.15) is 0 Å². The first-order chi connectivity index (χ1) is 13.5. The van der Waals surface area contributed by atoms with Crippen molar-refractivity contribution < 1.29 is 14.3 Å². The van der Waals surface area contributed by atoms with Crippen LogP contribution in [0.25, 0.3) is 11.8 Å². The molecule has 4 heteroatoms. The molecular formula is C24H23NO3. The van der Waals surface area contributed by atoms with Crippen molar-refractivity contribution in [1.29, 1.82) is 0 Å². The highest BCUT2D eigenvalue weighted by Crippen LogP contribution is 2.22. The summed E-state index contributed by atoms with van der Waals surface area (Å²) >= 11 is 0. The Morgan fingerprint density at radius 2 is 1.64 bits per heavy atom. The van der Waals surface area contributed by atoms with Crippen LogP contribution in [-0.4, -0.2) is 22.9 Å². The Balaban J connectivity index is 1.85. The van der Waals surface area contributed by atoms with Gasteiger partial charge in [0.05, 0.1) is 12.2 Å². The number of carbonyl (C=O) groups is 2. The third-order valence-electron chi connectivity index (χ3n) is 4.58. The minimum absolute atomic E-state index is 0.0239. The molecule has 0 radical (unpaired) electrons. The van der Waals surface area contributed by atoms with Gasteiger partial charge in [0.25, 0.3) is 0 Å². The first kappa shape index (κ1) is 19.4. The predicted molar refractivity (Wildman–Crippen MR) is 111 cm³/mol. The summed E-state index contributed by atoms with van der Waals surface area (Å²) < 4.78 is 7.13. The van der Waals surface area contributed by atoms with Crippen LogP contribution in [0.1, 0.15) is 44.6 Å². The van der Waals surface area contributed by atoms with Crippen molar-refractivity contribution in [2.45, 2.75) is 20.8 Å². The molecule has 0 aliphatic heterocycles. The van der Waals surface area contributed by atoms with Gasteiger partial charge in [0.15, 0.2) is 5.78 Å². The lowest BCUT2D eigenvalue weighted by atomic mass is 10.1. The van der Waals surface area contributed by atoms with E-state index in [1.807, 2.05) is 56.3 Å². The molecule has 0 N–H and O–H groups in total. The van der Waals surface area contributed by atoms with Crippen molar-refractivity contribution in [1.82, 2.24) is 4.57 Å². The molecule has 4 nitrogen and oxygen atoms in total. The zero-order valence-electron chi connectivity index (χ0n) is 16.3. The highest BCUT2D eigenvalue weighted by atomic mass is 16.5. The molecular weight excluding hydrogens is 350 g/mol. The molecule has 0 aliphatic rings. The maximum absolute atomic E-state index is 12.3. The molecule has 3 rings (SSSR count).